The second-order valence-electron chi connectivity index (χ2n) is 4.37. The topological polar surface area (TPSA) is 24.9 Å². The summed E-state index contributed by atoms with van der Waals surface area (Å²) >= 11 is 0.346. The van der Waals surface area contributed by atoms with Gasteiger partial charge in [-0.2, -0.15) is 26.3 Å². The molecule has 0 amide bonds. The predicted octanol–water partition coefficient (Wildman–Crippen LogP) is 4.48. The van der Waals surface area contributed by atoms with Crippen LogP contribution in [0.1, 0.15) is 9.88 Å². The predicted molar refractivity (Wildman–Crippen MR) is 70.3 cm³/mol. The summed E-state index contributed by atoms with van der Waals surface area (Å²) < 4.78 is 74.6. The van der Waals surface area contributed by atoms with Gasteiger partial charge in [0.05, 0.1) is 12.2 Å². The molecular weight excluding hydrogens is 330 g/mol. The first kappa shape index (κ1) is 16.8. The molecule has 0 saturated heterocycles. The van der Waals surface area contributed by atoms with Gasteiger partial charge in [-0.05, 0) is 0 Å². The lowest BCUT2D eigenvalue weighted by molar-refractivity contribution is -0.137. The molecular formula is C13H10F6N2S. The van der Waals surface area contributed by atoms with E-state index in [1.807, 2.05) is 0 Å². The van der Waals surface area contributed by atoms with Crippen molar-refractivity contribution in [2.45, 2.75) is 18.9 Å². The molecule has 0 atom stereocenters. The van der Waals surface area contributed by atoms with Crippen molar-refractivity contribution >= 4 is 11.3 Å². The average Bonchev–Trinajstić information content (AvgIpc) is 2.82. The number of thiazole rings is 1. The molecule has 0 radical (unpaired) electrons. The van der Waals surface area contributed by atoms with Gasteiger partial charge in [-0.25, -0.2) is 4.98 Å². The quantitative estimate of drug-likeness (QED) is 0.830. The van der Waals surface area contributed by atoms with E-state index < -0.39 is 23.9 Å². The van der Waals surface area contributed by atoms with Gasteiger partial charge in [0.1, 0.15) is 0 Å². The highest BCUT2D eigenvalue weighted by Crippen LogP contribution is 2.37. The van der Waals surface area contributed by atoms with E-state index in [1.165, 1.54) is 0 Å². The molecule has 2 rings (SSSR count). The first-order valence-electron chi connectivity index (χ1n) is 6.06. The van der Waals surface area contributed by atoms with Gasteiger partial charge in [0.25, 0.3) is 0 Å². The molecule has 0 saturated carbocycles. The Labute approximate surface area is 125 Å². The highest BCUT2D eigenvalue weighted by atomic mass is 32.1. The van der Waals surface area contributed by atoms with E-state index in [-0.39, 0.29) is 17.1 Å². The molecule has 1 N–H and O–H groups in total. The minimum absolute atomic E-state index is 0.0487. The van der Waals surface area contributed by atoms with Crippen molar-refractivity contribution in [3.05, 3.63) is 40.2 Å². The van der Waals surface area contributed by atoms with E-state index in [9.17, 15) is 26.3 Å². The fourth-order valence-corrected chi connectivity index (χ4v) is 2.65. The standard InChI is InChI=1S/C13H10F6N2S/c14-12(15,16)7-20-6-9-10(8-4-2-1-3-5-8)21-11(22-9)13(17,18)19/h1-5,20H,6-7H2. The van der Waals surface area contributed by atoms with Gasteiger partial charge >= 0.3 is 12.4 Å². The van der Waals surface area contributed by atoms with Crippen LogP contribution in [0, 0.1) is 0 Å². The molecule has 0 bridgehead atoms. The number of nitrogens with zero attached hydrogens (tertiary/aromatic N) is 1. The Balaban J connectivity index is 2.28. The van der Waals surface area contributed by atoms with Crippen molar-refractivity contribution in [2.24, 2.45) is 0 Å². The number of hydrogen-bond acceptors (Lipinski definition) is 3. The zero-order valence-electron chi connectivity index (χ0n) is 10.9. The molecule has 2 aromatic rings. The summed E-state index contributed by atoms with van der Waals surface area (Å²) in [6.07, 6.45) is -9.05. The molecule has 0 aliphatic rings. The van der Waals surface area contributed by atoms with Crippen molar-refractivity contribution < 1.29 is 26.3 Å². The smallest absolute Gasteiger partial charge is 0.304 e. The Morgan fingerprint density at radius 1 is 1.00 bits per heavy atom. The number of hydrogen-bond donors (Lipinski definition) is 1. The molecule has 0 aliphatic heterocycles. The fourth-order valence-electron chi connectivity index (χ4n) is 1.73. The Kier molecular flexibility index (Phi) is 4.76. The average molecular weight is 340 g/mol. The minimum atomic E-state index is -4.63. The first-order valence-corrected chi connectivity index (χ1v) is 6.88. The molecule has 22 heavy (non-hydrogen) atoms. The van der Waals surface area contributed by atoms with Gasteiger partial charge in [-0.3, -0.25) is 0 Å². The normalized spacial score (nSPS) is 12.6. The maximum Gasteiger partial charge on any atom is 0.443 e. The van der Waals surface area contributed by atoms with Crippen LogP contribution >= 0.6 is 11.3 Å². The summed E-state index contributed by atoms with van der Waals surface area (Å²) in [4.78, 5) is 3.65. The molecule has 1 aromatic heterocycles. The lowest BCUT2D eigenvalue weighted by atomic mass is 10.1. The summed E-state index contributed by atoms with van der Waals surface area (Å²) in [5.74, 6) is 0. The first-order chi connectivity index (χ1) is 10.2. The Morgan fingerprint density at radius 3 is 2.18 bits per heavy atom. The maximum atomic E-state index is 12.8. The summed E-state index contributed by atoms with van der Waals surface area (Å²) in [6, 6.07) is 8.04. The fraction of sp³-hybridized carbons (Fsp3) is 0.308. The van der Waals surface area contributed by atoms with Gasteiger partial charge in [0.2, 0.25) is 0 Å². The number of aromatic nitrogens is 1. The van der Waals surface area contributed by atoms with Crippen molar-refractivity contribution in [1.82, 2.24) is 10.3 Å². The van der Waals surface area contributed by atoms with Gasteiger partial charge in [0.15, 0.2) is 5.01 Å². The van der Waals surface area contributed by atoms with Gasteiger partial charge in [-0.15, -0.1) is 11.3 Å². The van der Waals surface area contributed by atoms with E-state index in [0.29, 0.717) is 16.9 Å². The van der Waals surface area contributed by atoms with Crippen LogP contribution in [0.15, 0.2) is 30.3 Å². The van der Waals surface area contributed by atoms with Gasteiger partial charge in [-0.1, -0.05) is 30.3 Å². The van der Waals surface area contributed by atoms with Crippen LogP contribution in [0.3, 0.4) is 0 Å². The molecule has 2 nitrogen and oxygen atoms in total. The number of nitrogens with one attached hydrogen (secondary N) is 1. The monoisotopic (exact) mass is 340 g/mol. The molecule has 1 aromatic carbocycles. The van der Waals surface area contributed by atoms with Crippen molar-refractivity contribution in [1.29, 1.82) is 0 Å². The van der Waals surface area contributed by atoms with Crippen LogP contribution in [0.4, 0.5) is 26.3 Å². The molecule has 0 aliphatic carbocycles. The number of alkyl halides is 6. The Bertz CT molecular complexity index is 618. The van der Waals surface area contributed by atoms with Gasteiger partial charge in [0, 0.05) is 17.0 Å². The van der Waals surface area contributed by atoms with Crippen LogP contribution in [0.2, 0.25) is 0 Å². The summed E-state index contributed by atoms with van der Waals surface area (Å²) in [6.45, 7) is -1.61. The van der Waals surface area contributed by atoms with Crippen LogP contribution in [-0.4, -0.2) is 17.7 Å². The van der Waals surface area contributed by atoms with E-state index in [2.05, 4.69) is 10.3 Å². The third-order valence-corrected chi connectivity index (χ3v) is 3.70. The van der Waals surface area contributed by atoms with E-state index in [4.69, 9.17) is 0 Å². The molecule has 0 spiro atoms. The summed E-state index contributed by atoms with van der Waals surface area (Å²) in [5, 5.41) is 1.02. The van der Waals surface area contributed by atoms with Crippen LogP contribution in [-0.2, 0) is 12.7 Å². The molecule has 0 unspecified atom stereocenters. The lowest BCUT2D eigenvalue weighted by Crippen LogP contribution is -2.28. The molecule has 0 fully saturated rings. The lowest BCUT2D eigenvalue weighted by Gasteiger charge is -2.08. The van der Waals surface area contributed by atoms with Crippen molar-refractivity contribution in [2.75, 3.05) is 6.54 Å². The van der Waals surface area contributed by atoms with Crippen molar-refractivity contribution in [3.8, 4) is 11.3 Å². The molecule has 1 heterocycles. The summed E-state index contributed by atoms with van der Waals surface area (Å²) in [5.41, 5.74) is 0.477. The van der Waals surface area contributed by atoms with E-state index >= 15 is 0 Å². The van der Waals surface area contributed by atoms with Crippen LogP contribution < -0.4 is 5.32 Å². The SMILES string of the molecule is FC(F)(F)CNCc1sc(C(F)(F)F)nc1-c1ccccc1. The van der Waals surface area contributed by atoms with Crippen molar-refractivity contribution in [3.63, 3.8) is 0 Å². The Hall–Kier alpha value is -1.61. The zero-order chi connectivity index (χ0) is 16.4. The minimum Gasteiger partial charge on any atom is -0.304 e. The number of benzene rings is 1. The summed E-state index contributed by atoms with van der Waals surface area (Å²) in [7, 11) is 0. The van der Waals surface area contributed by atoms with Crippen LogP contribution in [0.5, 0.6) is 0 Å². The second kappa shape index (κ2) is 6.25. The van der Waals surface area contributed by atoms with E-state index in [0.717, 1.165) is 0 Å². The highest BCUT2D eigenvalue weighted by Gasteiger charge is 2.36. The third kappa shape index (κ3) is 4.44. The zero-order valence-corrected chi connectivity index (χ0v) is 11.7. The number of rotatable bonds is 4. The Morgan fingerprint density at radius 2 is 1.64 bits per heavy atom. The molecule has 9 heteroatoms. The highest BCUT2D eigenvalue weighted by molar-refractivity contribution is 7.12. The molecule has 120 valence electrons. The largest absolute Gasteiger partial charge is 0.443 e. The van der Waals surface area contributed by atoms with Crippen LogP contribution in [0.25, 0.3) is 11.3 Å². The third-order valence-electron chi connectivity index (χ3n) is 2.60. The maximum absolute atomic E-state index is 12.8. The van der Waals surface area contributed by atoms with Gasteiger partial charge < -0.3 is 5.32 Å². The number of halogens is 6. The van der Waals surface area contributed by atoms with E-state index in [1.54, 1.807) is 30.3 Å². The second-order valence-corrected chi connectivity index (χ2v) is 5.46.